The number of phenols is 1. The van der Waals surface area contributed by atoms with Crippen LogP contribution in [0.15, 0.2) is 36.4 Å². The summed E-state index contributed by atoms with van der Waals surface area (Å²) in [7, 11) is 0. The molecule has 0 radical (unpaired) electrons. The third kappa shape index (κ3) is 5.56. The molecule has 1 saturated heterocycles. The first-order chi connectivity index (χ1) is 13.8. The zero-order valence-electron chi connectivity index (χ0n) is 17.5. The number of hydrogen-bond acceptors (Lipinski definition) is 4. The summed E-state index contributed by atoms with van der Waals surface area (Å²) in [5, 5.41) is 21.3. The maximum absolute atomic E-state index is 10.5. The van der Waals surface area contributed by atoms with Gasteiger partial charge in [0, 0.05) is 5.02 Å². The minimum atomic E-state index is -0.530. The maximum Gasteiger partial charge on any atom is 0.138 e. The molecular formula is C23H32ClN2O3+. The van der Waals surface area contributed by atoms with Crippen LogP contribution in [0, 0.1) is 6.92 Å². The van der Waals surface area contributed by atoms with Gasteiger partial charge in [-0.2, -0.15) is 0 Å². The number of aryl methyl sites for hydroxylation is 1. The molecule has 2 aromatic rings. The summed E-state index contributed by atoms with van der Waals surface area (Å²) in [6.45, 7) is 10.7. The van der Waals surface area contributed by atoms with Gasteiger partial charge < -0.3 is 24.7 Å². The van der Waals surface area contributed by atoms with Crippen molar-refractivity contribution in [2.24, 2.45) is 0 Å². The number of aliphatic hydroxyl groups is 1. The number of anilines is 1. The van der Waals surface area contributed by atoms with Crippen LogP contribution in [0.25, 0.3) is 0 Å². The Labute approximate surface area is 178 Å². The van der Waals surface area contributed by atoms with Crippen LogP contribution < -0.4 is 14.5 Å². The molecule has 29 heavy (non-hydrogen) atoms. The van der Waals surface area contributed by atoms with E-state index >= 15 is 0 Å². The van der Waals surface area contributed by atoms with E-state index in [-0.39, 0.29) is 6.61 Å². The smallest absolute Gasteiger partial charge is 0.138 e. The molecule has 3 rings (SSSR count). The van der Waals surface area contributed by atoms with Gasteiger partial charge in [-0.15, -0.1) is 0 Å². The second kappa shape index (κ2) is 9.70. The minimum Gasteiger partial charge on any atom is -0.506 e. The zero-order valence-corrected chi connectivity index (χ0v) is 18.2. The third-order valence-electron chi connectivity index (χ3n) is 5.56. The number of benzene rings is 2. The van der Waals surface area contributed by atoms with Gasteiger partial charge >= 0.3 is 0 Å². The van der Waals surface area contributed by atoms with Crippen molar-refractivity contribution in [2.75, 3.05) is 44.2 Å². The van der Waals surface area contributed by atoms with Gasteiger partial charge in [0.25, 0.3) is 0 Å². The van der Waals surface area contributed by atoms with Crippen molar-refractivity contribution in [2.45, 2.75) is 32.8 Å². The summed E-state index contributed by atoms with van der Waals surface area (Å²) in [4.78, 5) is 3.55. The summed E-state index contributed by atoms with van der Waals surface area (Å²) >= 11 is 6.26. The molecule has 0 bridgehead atoms. The lowest BCUT2D eigenvalue weighted by Crippen LogP contribution is -3.16. The Bertz CT molecular complexity index is 820. The number of nitrogens with zero attached hydrogens (tertiary/aromatic N) is 1. The van der Waals surface area contributed by atoms with Crippen molar-refractivity contribution in [1.82, 2.24) is 0 Å². The van der Waals surface area contributed by atoms with E-state index in [2.05, 4.69) is 18.7 Å². The van der Waals surface area contributed by atoms with Crippen molar-refractivity contribution < 1.29 is 19.8 Å². The van der Waals surface area contributed by atoms with Crippen LogP contribution >= 0.6 is 11.6 Å². The van der Waals surface area contributed by atoms with Gasteiger partial charge in [-0.25, -0.2) is 0 Å². The molecule has 0 spiro atoms. The zero-order chi connectivity index (χ0) is 21.0. The fraction of sp³-hybridized carbons (Fsp3) is 0.478. The van der Waals surface area contributed by atoms with Gasteiger partial charge in [-0.3, -0.25) is 0 Å². The van der Waals surface area contributed by atoms with Crippen molar-refractivity contribution in [1.29, 1.82) is 0 Å². The number of hydrogen-bond donors (Lipinski definition) is 3. The van der Waals surface area contributed by atoms with Crippen LogP contribution in [0.5, 0.6) is 11.5 Å². The van der Waals surface area contributed by atoms with Crippen molar-refractivity contribution in [3.05, 3.63) is 52.5 Å². The molecule has 1 atom stereocenters. The number of rotatable bonds is 7. The molecule has 3 N–H and O–H groups in total. The molecule has 6 heteroatoms. The van der Waals surface area contributed by atoms with Crippen LogP contribution in [0.4, 0.5) is 5.69 Å². The molecule has 0 aromatic heterocycles. The van der Waals surface area contributed by atoms with Crippen LogP contribution in [0.1, 0.15) is 30.9 Å². The Kier molecular flexibility index (Phi) is 7.28. The highest BCUT2D eigenvalue weighted by atomic mass is 35.5. The summed E-state index contributed by atoms with van der Waals surface area (Å²) in [5.74, 6) is 1.43. The summed E-state index contributed by atoms with van der Waals surface area (Å²) in [5.41, 5.74) is 2.93. The van der Waals surface area contributed by atoms with Crippen molar-refractivity contribution in [3.8, 4) is 11.5 Å². The fourth-order valence-electron chi connectivity index (χ4n) is 3.82. The second-order valence-electron chi connectivity index (χ2n) is 8.19. The molecule has 1 aliphatic heterocycles. The normalized spacial score (nSPS) is 16.3. The van der Waals surface area contributed by atoms with Crippen LogP contribution in [-0.2, 0) is 0 Å². The Hall–Kier alpha value is -1.95. The molecule has 0 aliphatic carbocycles. The Morgan fingerprint density at radius 3 is 2.52 bits per heavy atom. The van der Waals surface area contributed by atoms with E-state index in [0.717, 1.165) is 53.8 Å². The van der Waals surface area contributed by atoms with E-state index in [9.17, 15) is 10.2 Å². The number of para-hydroxylation sites is 2. The number of aromatic hydroxyl groups is 1. The highest BCUT2D eigenvalue weighted by Gasteiger charge is 2.24. The second-order valence-corrected chi connectivity index (χ2v) is 8.60. The van der Waals surface area contributed by atoms with Crippen LogP contribution in [0.2, 0.25) is 5.02 Å². The van der Waals surface area contributed by atoms with E-state index in [1.54, 1.807) is 6.07 Å². The highest BCUT2D eigenvalue weighted by Crippen LogP contribution is 2.32. The topological polar surface area (TPSA) is 57.4 Å². The third-order valence-corrected chi connectivity index (χ3v) is 5.97. The predicted molar refractivity (Wildman–Crippen MR) is 118 cm³/mol. The lowest BCUT2D eigenvalue weighted by atomic mass is 10.0. The Balaban J connectivity index is 1.50. The van der Waals surface area contributed by atoms with Crippen LogP contribution in [-0.4, -0.2) is 55.6 Å². The van der Waals surface area contributed by atoms with Gasteiger partial charge in [0.05, 0.1) is 31.9 Å². The Morgan fingerprint density at radius 1 is 1.17 bits per heavy atom. The summed E-state index contributed by atoms with van der Waals surface area (Å²) < 4.78 is 5.98. The number of ether oxygens (including phenoxy) is 1. The molecule has 1 aliphatic rings. The van der Waals surface area contributed by atoms with E-state index in [4.69, 9.17) is 16.3 Å². The first-order valence-electron chi connectivity index (χ1n) is 10.3. The minimum absolute atomic E-state index is 0.271. The van der Waals surface area contributed by atoms with Crippen LogP contribution in [0.3, 0.4) is 0 Å². The molecule has 1 heterocycles. The lowest BCUT2D eigenvalue weighted by Gasteiger charge is -2.34. The number of nitrogens with one attached hydrogen (secondary N) is 1. The SMILES string of the molecule is Cc1cc(OC[C@@H](O)C[NH+]2CCN(c3ccccc3O)CC2)c(C(C)C)cc1Cl. The maximum atomic E-state index is 10.5. The monoisotopic (exact) mass is 419 g/mol. The molecule has 158 valence electrons. The molecule has 5 nitrogen and oxygen atoms in total. The van der Waals surface area contributed by atoms with E-state index in [1.807, 2.05) is 37.3 Å². The van der Waals surface area contributed by atoms with Crippen molar-refractivity contribution >= 4 is 17.3 Å². The summed E-state index contributed by atoms with van der Waals surface area (Å²) in [6, 6.07) is 11.4. The molecule has 1 fully saturated rings. The molecule has 2 aromatic carbocycles. The van der Waals surface area contributed by atoms with Gasteiger partial charge in [0.1, 0.15) is 30.8 Å². The average molecular weight is 420 g/mol. The number of quaternary nitrogens is 1. The first kappa shape index (κ1) is 21.8. The van der Waals surface area contributed by atoms with Gasteiger partial charge in [-0.1, -0.05) is 37.6 Å². The average Bonchev–Trinajstić information content (AvgIpc) is 2.69. The standard InChI is InChI=1S/C23H31ClN2O3/c1-16(2)19-13-20(24)17(3)12-23(19)29-15-18(27)14-25-8-10-26(11-9-25)21-6-4-5-7-22(21)28/h4-7,12-13,16,18,27-28H,8-11,14-15H2,1-3H3/p+1/t18-/m0/s1. The summed E-state index contributed by atoms with van der Waals surface area (Å²) in [6.07, 6.45) is -0.530. The molecule has 0 unspecified atom stereocenters. The van der Waals surface area contributed by atoms with Gasteiger partial charge in [0.2, 0.25) is 0 Å². The first-order valence-corrected chi connectivity index (χ1v) is 10.7. The number of halogens is 1. The quantitative estimate of drug-likeness (QED) is 0.645. The van der Waals surface area contributed by atoms with E-state index in [1.165, 1.54) is 4.90 Å². The number of aliphatic hydroxyl groups excluding tert-OH is 1. The van der Waals surface area contributed by atoms with E-state index < -0.39 is 6.10 Å². The van der Waals surface area contributed by atoms with Gasteiger partial charge in [-0.05, 0) is 48.2 Å². The van der Waals surface area contributed by atoms with Gasteiger partial charge in [0.15, 0.2) is 0 Å². The molecule has 0 amide bonds. The fourth-order valence-corrected chi connectivity index (χ4v) is 4.00. The largest absolute Gasteiger partial charge is 0.506 e. The van der Waals surface area contributed by atoms with Crippen molar-refractivity contribution in [3.63, 3.8) is 0 Å². The molecule has 0 saturated carbocycles. The van der Waals surface area contributed by atoms with E-state index in [0.29, 0.717) is 18.2 Å². The highest BCUT2D eigenvalue weighted by molar-refractivity contribution is 6.31. The Morgan fingerprint density at radius 2 is 1.86 bits per heavy atom. The lowest BCUT2D eigenvalue weighted by molar-refractivity contribution is -0.903. The predicted octanol–water partition coefficient (Wildman–Crippen LogP) is 2.62. The number of piperazine rings is 1. The number of phenolic OH excluding ortho intramolecular Hbond substituents is 1. The molecular weight excluding hydrogens is 388 g/mol.